The van der Waals surface area contributed by atoms with Crippen LogP contribution in [-0.2, 0) is 0 Å². The molecule has 0 saturated carbocycles. The molecule has 1 aromatic carbocycles. The van der Waals surface area contributed by atoms with Crippen molar-refractivity contribution < 1.29 is 9.11 Å². The van der Waals surface area contributed by atoms with E-state index < -0.39 is 11.0 Å². The quantitative estimate of drug-likeness (QED) is 0.669. The van der Waals surface area contributed by atoms with Crippen molar-refractivity contribution in [2.24, 2.45) is 0 Å². The first-order chi connectivity index (χ1) is 6.59. The first-order valence-electron chi connectivity index (χ1n) is 4.47. The summed E-state index contributed by atoms with van der Waals surface area (Å²) in [6.45, 7) is 3.22. The van der Waals surface area contributed by atoms with Crippen molar-refractivity contribution in [3.63, 3.8) is 0 Å². The average Bonchev–Trinajstić information content (AvgIpc) is 2.45. The molecule has 0 atom stereocenters. The van der Waals surface area contributed by atoms with Gasteiger partial charge >= 0.3 is 0 Å². The number of rotatable bonds is 1. The minimum absolute atomic E-state index is 0.607. The van der Waals surface area contributed by atoms with Crippen molar-refractivity contribution in [2.75, 3.05) is 17.4 Å². The lowest BCUT2D eigenvalue weighted by Crippen LogP contribution is -2.25. The van der Waals surface area contributed by atoms with Crippen LogP contribution in [0.1, 0.15) is 5.56 Å². The molecule has 0 bridgehead atoms. The monoisotopic (exact) mass is 214 g/mol. The summed E-state index contributed by atoms with van der Waals surface area (Å²) in [7, 11) is -2.77. The Labute approximate surface area is 85.2 Å². The molecule has 0 amide bonds. The molecule has 1 aromatic rings. The van der Waals surface area contributed by atoms with E-state index in [9.17, 15) is 9.11 Å². The van der Waals surface area contributed by atoms with Crippen molar-refractivity contribution in [2.45, 2.75) is 6.92 Å². The smallest absolute Gasteiger partial charge is 0.0585 e. The third kappa shape index (κ3) is 1.72. The van der Waals surface area contributed by atoms with E-state index in [0.29, 0.717) is 13.1 Å². The largest absolute Gasteiger partial charge is 0.269 e. The zero-order valence-electron chi connectivity index (χ0n) is 7.97. The number of nitrogens with one attached hydrogen (secondary N) is 1. The normalized spacial score (nSPS) is 22.4. The Morgan fingerprint density at radius 2 is 2.21 bits per heavy atom. The highest BCUT2D eigenvalue weighted by atomic mass is 32.3. The lowest BCUT2D eigenvalue weighted by atomic mass is 10.2. The number of nitrogens with zero attached hydrogens (tertiary/aromatic N) is 1. The number of aryl methyl sites for hydroxylation is 1. The van der Waals surface area contributed by atoms with Gasteiger partial charge in [-0.15, -0.1) is 0 Å². The molecule has 78 valence electrons. The summed E-state index contributed by atoms with van der Waals surface area (Å²) < 4.78 is 23.6. The molecule has 1 saturated heterocycles. The van der Waals surface area contributed by atoms with E-state index in [4.69, 9.17) is 0 Å². The van der Waals surface area contributed by atoms with E-state index in [1.54, 1.807) is 4.31 Å². The lowest BCUT2D eigenvalue weighted by molar-refractivity contribution is 0.480. The van der Waals surface area contributed by atoms with Crippen LogP contribution >= 0.6 is 11.0 Å². The van der Waals surface area contributed by atoms with Crippen LogP contribution in [0, 0.1) is 6.92 Å². The Balaban J connectivity index is 2.31. The third-order valence-corrected chi connectivity index (χ3v) is 3.81. The van der Waals surface area contributed by atoms with Crippen molar-refractivity contribution in [1.29, 1.82) is 0 Å². The third-order valence-electron chi connectivity index (χ3n) is 2.21. The predicted octanol–water partition coefficient (Wildman–Crippen LogP) is 1.99. The van der Waals surface area contributed by atoms with Gasteiger partial charge in [0.1, 0.15) is 0 Å². The van der Waals surface area contributed by atoms with Crippen molar-refractivity contribution in [1.82, 2.24) is 4.72 Å². The summed E-state index contributed by atoms with van der Waals surface area (Å²) in [6, 6.07) is 7.73. The van der Waals surface area contributed by atoms with Crippen LogP contribution in [0.15, 0.2) is 24.3 Å². The molecule has 14 heavy (non-hydrogen) atoms. The second-order valence-corrected chi connectivity index (χ2v) is 5.12. The zero-order chi connectivity index (χ0) is 10.2. The van der Waals surface area contributed by atoms with Crippen LogP contribution in [0.2, 0.25) is 0 Å². The molecule has 3 N–H and O–H groups in total. The molecule has 0 aromatic heterocycles. The number of benzene rings is 1. The van der Waals surface area contributed by atoms with Gasteiger partial charge in [0.05, 0.1) is 12.2 Å². The minimum atomic E-state index is -2.77. The standard InChI is InChI=1S/C9H14N2O2S/c1-8-3-2-4-9(7-8)11-6-5-10-14(11,12)13/h2-4,7,10,12-13H,5-6H2,1H3. The highest BCUT2D eigenvalue weighted by Crippen LogP contribution is 2.45. The molecule has 0 spiro atoms. The van der Waals surface area contributed by atoms with Crippen LogP contribution in [0.25, 0.3) is 0 Å². The molecule has 1 aliphatic rings. The molecule has 0 aliphatic carbocycles. The number of anilines is 1. The van der Waals surface area contributed by atoms with Crippen LogP contribution in [0.4, 0.5) is 5.69 Å². The molecule has 0 radical (unpaired) electrons. The Morgan fingerprint density at radius 3 is 2.79 bits per heavy atom. The van der Waals surface area contributed by atoms with Gasteiger partial charge in [-0.25, -0.2) is 0 Å². The molecular formula is C9H14N2O2S. The van der Waals surface area contributed by atoms with E-state index in [1.807, 2.05) is 31.2 Å². The second kappa shape index (κ2) is 3.43. The fourth-order valence-electron chi connectivity index (χ4n) is 1.55. The Morgan fingerprint density at radius 1 is 1.43 bits per heavy atom. The van der Waals surface area contributed by atoms with E-state index in [0.717, 1.165) is 11.3 Å². The molecule has 1 aliphatic heterocycles. The maximum atomic E-state index is 9.65. The van der Waals surface area contributed by atoms with Gasteiger partial charge in [-0.05, 0) is 24.6 Å². The first kappa shape index (κ1) is 9.79. The summed E-state index contributed by atoms with van der Waals surface area (Å²) in [5.74, 6) is 0. The van der Waals surface area contributed by atoms with Crippen LogP contribution in [0.5, 0.6) is 0 Å². The summed E-state index contributed by atoms with van der Waals surface area (Å²) in [4.78, 5) is 0. The van der Waals surface area contributed by atoms with Crippen molar-refractivity contribution in [3.05, 3.63) is 29.8 Å². The van der Waals surface area contributed by atoms with Gasteiger partial charge in [0, 0.05) is 6.54 Å². The average molecular weight is 214 g/mol. The van der Waals surface area contributed by atoms with E-state index in [2.05, 4.69) is 4.72 Å². The van der Waals surface area contributed by atoms with Gasteiger partial charge in [-0.1, -0.05) is 23.1 Å². The van der Waals surface area contributed by atoms with E-state index in [1.165, 1.54) is 0 Å². The fraction of sp³-hybridized carbons (Fsp3) is 0.333. The van der Waals surface area contributed by atoms with Crippen molar-refractivity contribution in [3.8, 4) is 0 Å². The first-order valence-corrected chi connectivity index (χ1v) is 5.97. The zero-order valence-corrected chi connectivity index (χ0v) is 8.79. The molecule has 4 nitrogen and oxygen atoms in total. The second-order valence-electron chi connectivity index (χ2n) is 3.35. The number of hydrogen-bond donors (Lipinski definition) is 3. The Bertz CT molecular complexity index is 343. The Kier molecular flexibility index (Phi) is 2.40. The Hall–Kier alpha value is -0.750. The van der Waals surface area contributed by atoms with Gasteiger partial charge < -0.3 is 0 Å². The highest BCUT2D eigenvalue weighted by Gasteiger charge is 2.28. The summed E-state index contributed by atoms with van der Waals surface area (Å²) in [5.41, 5.74) is 1.97. The fourth-order valence-corrected chi connectivity index (χ4v) is 2.82. The predicted molar refractivity (Wildman–Crippen MR) is 59.4 cm³/mol. The molecule has 1 fully saturated rings. The summed E-state index contributed by atoms with van der Waals surface area (Å²) in [5, 5.41) is 0. The van der Waals surface area contributed by atoms with Crippen LogP contribution in [0.3, 0.4) is 0 Å². The van der Waals surface area contributed by atoms with Gasteiger partial charge in [-0.3, -0.25) is 13.4 Å². The maximum absolute atomic E-state index is 9.65. The van der Waals surface area contributed by atoms with Crippen LogP contribution in [-0.4, -0.2) is 22.2 Å². The van der Waals surface area contributed by atoms with E-state index in [-0.39, 0.29) is 0 Å². The summed E-state index contributed by atoms with van der Waals surface area (Å²) in [6.07, 6.45) is 0. The lowest BCUT2D eigenvalue weighted by Gasteiger charge is -2.37. The molecular weight excluding hydrogens is 200 g/mol. The topological polar surface area (TPSA) is 55.7 Å². The van der Waals surface area contributed by atoms with Gasteiger partial charge in [-0.2, -0.15) is 4.72 Å². The molecule has 1 heterocycles. The molecule has 0 unspecified atom stereocenters. The van der Waals surface area contributed by atoms with Gasteiger partial charge in [0.15, 0.2) is 0 Å². The molecule has 2 rings (SSSR count). The van der Waals surface area contributed by atoms with Gasteiger partial charge in [0.25, 0.3) is 0 Å². The van der Waals surface area contributed by atoms with Gasteiger partial charge in [0.2, 0.25) is 0 Å². The van der Waals surface area contributed by atoms with E-state index >= 15 is 0 Å². The van der Waals surface area contributed by atoms with Crippen LogP contribution < -0.4 is 9.03 Å². The molecule has 5 heteroatoms. The number of hydrogen-bond acceptors (Lipinski definition) is 4. The highest BCUT2D eigenvalue weighted by molar-refractivity contribution is 8.24. The minimum Gasteiger partial charge on any atom is -0.269 e. The SMILES string of the molecule is Cc1cccc(N2CCNS2(O)O)c1. The summed E-state index contributed by atoms with van der Waals surface area (Å²) >= 11 is 0. The van der Waals surface area contributed by atoms with Crippen molar-refractivity contribution >= 4 is 16.6 Å². The maximum Gasteiger partial charge on any atom is 0.0585 e.